The predicted molar refractivity (Wildman–Crippen MR) is 114 cm³/mol. The average Bonchev–Trinajstić information content (AvgIpc) is 2.72. The van der Waals surface area contributed by atoms with Crippen molar-refractivity contribution in [3.8, 4) is 11.5 Å². The van der Waals surface area contributed by atoms with E-state index in [1.54, 1.807) is 0 Å². The first-order chi connectivity index (χ1) is 14.9. The largest absolute Gasteiger partial charge is 0.457 e. The molecule has 0 atom stereocenters. The molecule has 0 spiro atoms. The number of aliphatic hydroxyl groups is 1. The van der Waals surface area contributed by atoms with Gasteiger partial charge >= 0.3 is 6.18 Å². The molecule has 1 saturated heterocycles. The van der Waals surface area contributed by atoms with Crippen LogP contribution < -0.4 is 10.1 Å². The lowest BCUT2D eigenvalue weighted by Gasteiger charge is -2.39. The predicted octanol–water partition coefficient (Wildman–Crippen LogP) is 4.66. The Labute approximate surface area is 179 Å². The third-order valence-corrected chi connectivity index (χ3v) is 5.47. The number of rotatable bonds is 8. The van der Waals surface area contributed by atoms with Gasteiger partial charge in [-0.25, -0.2) is 0 Å². The summed E-state index contributed by atoms with van der Waals surface area (Å²) < 4.78 is 44.1. The van der Waals surface area contributed by atoms with Crippen molar-refractivity contribution in [2.75, 3.05) is 32.8 Å². The molecular formula is C24H25F3N2O2. The average molecular weight is 430 g/mol. The third-order valence-electron chi connectivity index (χ3n) is 5.47. The Bertz CT molecular complexity index is 1020. The van der Waals surface area contributed by atoms with Gasteiger partial charge in [-0.2, -0.15) is 13.2 Å². The zero-order chi connectivity index (χ0) is 21.8. The molecule has 1 aliphatic rings. The Hall–Kier alpha value is -2.61. The van der Waals surface area contributed by atoms with Crippen LogP contribution in [-0.4, -0.2) is 42.8 Å². The van der Waals surface area contributed by atoms with Crippen LogP contribution >= 0.6 is 0 Å². The monoisotopic (exact) mass is 430 g/mol. The molecule has 31 heavy (non-hydrogen) atoms. The topological polar surface area (TPSA) is 44.7 Å². The van der Waals surface area contributed by atoms with E-state index in [4.69, 9.17) is 9.84 Å². The van der Waals surface area contributed by atoms with Crippen LogP contribution in [0.1, 0.15) is 11.1 Å². The van der Waals surface area contributed by atoms with Crippen LogP contribution in [0.2, 0.25) is 0 Å². The Morgan fingerprint density at radius 2 is 1.81 bits per heavy atom. The van der Waals surface area contributed by atoms with E-state index in [-0.39, 0.29) is 6.61 Å². The van der Waals surface area contributed by atoms with Crippen molar-refractivity contribution >= 4 is 10.8 Å². The van der Waals surface area contributed by atoms with Gasteiger partial charge in [-0.15, -0.1) is 0 Å². The number of nitrogens with one attached hydrogen (secondary N) is 1. The van der Waals surface area contributed by atoms with Crippen LogP contribution in [0.25, 0.3) is 10.8 Å². The van der Waals surface area contributed by atoms with Crippen molar-refractivity contribution in [1.29, 1.82) is 0 Å². The van der Waals surface area contributed by atoms with Crippen LogP contribution in [-0.2, 0) is 12.7 Å². The van der Waals surface area contributed by atoms with Crippen molar-refractivity contribution in [3.05, 3.63) is 71.8 Å². The van der Waals surface area contributed by atoms with Crippen molar-refractivity contribution in [2.24, 2.45) is 5.92 Å². The van der Waals surface area contributed by atoms with Gasteiger partial charge in [0.15, 0.2) is 0 Å². The summed E-state index contributed by atoms with van der Waals surface area (Å²) in [6.07, 6.45) is -4.36. The molecule has 0 unspecified atom stereocenters. The van der Waals surface area contributed by atoms with Gasteiger partial charge in [-0.05, 0) is 53.3 Å². The van der Waals surface area contributed by atoms with E-state index in [0.717, 1.165) is 49.1 Å². The smallest absolute Gasteiger partial charge is 0.416 e. The molecule has 3 aromatic carbocycles. The lowest BCUT2D eigenvalue weighted by molar-refractivity contribution is -0.137. The number of alkyl halides is 3. The molecule has 0 saturated carbocycles. The van der Waals surface area contributed by atoms with E-state index >= 15 is 0 Å². The lowest BCUT2D eigenvalue weighted by atomic mass is 9.98. The van der Waals surface area contributed by atoms with Gasteiger partial charge in [0.05, 0.1) is 12.2 Å². The summed E-state index contributed by atoms with van der Waals surface area (Å²) in [5.74, 6) is 1.60. The number of aliphatic hydroxyl groups excluding tert-OH is 1. The van der Waals surface area contributed by atoms with Gasteiger partial charge in [0.25, 0.3) is 0 Å². The maximum absolute atomic E-state index is 12.7. The summed E-state index contributed by atoms with van der Waals surface area (Å²) in [4.78, 5) is 2.38. The maximum atomic E-state index is 12.7. The maximum Gasteiger partial charge on any atom is 0.416 e. The standard InChI is InChI=1S/C24H25F3N2O2/c25-24(26,27)20-5-7-21(8-6-20)31-23-3-1-2-19-12-17(4-9-22(19)23)14-29-15-18(16-29)13-28-10-11-30/h1-9,12,18,28,30H,10-11,13-16H2. The quantitative estimate of drug-likeness (QED) is 0.510. The highest BCUT2D eigenvalue weighted by atomic mass is 19.4. The molecule has 1 fully saturated rings. The number of hydrogen-bond acceptors (Lipinski definition) is 4. The minimum absolute atomic E-state index is 0.165. The fraction of sp³-hybridized carbons (Fsp3) is 0.333. The normalized spacial score (nSPS) is 15.2. The second kappa shape index (κ2) is 9.26. The summed E-state index contributed by atoms with van der Waals surface area (Å²) in [7, 11) is 0. The zero-order valence-electron chi connectivity index (χ0n) is 17.0. The Morgan fingerprint density at radius 3 is 2.52 bits per heavy atom. The van der Waals surface area contributed by atoms with Crippen LogP contribution in [0.5, 0.6) is 11.5 Å². The number of nitrogens with zero attached hydrogens (tertiary/aromatic N) is 1. The molecule has 0 radical (unpaired) electrons. The summed E-state index contributed by atoms with van der Waals surface area (Å²) in [6.45, 7) is 4.67. The van der Waals surface area contributed by atoms with Gasteiger partial charge in [-0.1, -0.05) is 24.3 Å². The van der Waals surface area contributed by atoms with Gasteiger partial charge in [-0.3, -0.25) is 4.90 Å². The van der Waals surface area contributed by atoms with Crippen LogP contribution in [0.15, 0.2) is 60.7 Å². The van der Waals surface area contributed by atoms with Gasteiger partial charge in [0.2, 0.25) is 0 Å². The van der Waals surface area contributed by atoms with Crippen molar-refractivity contribution in [1.82, 2.24) is 10.2 Å². The Kier molecular flexibility index (Phi) is 6.46. The van der Waals surface area contributed by atoms with E-state index in [1.165, 1.54) is 17.7 Å². The van der Waals surface area contributed by atoms with Crippen LogP contribution in [0.3, 0.4) is 0 Å². The summed E-state index contributed by atoms with van der Waals surface area (Å²) in [5.41, 5.74) is 0.515. The second-order valence-corrected chi connectivity index (χ2v) is 7.92. The van der Waals surface area contributed by atoms with E-state index in [0.29, 0.717) is 24.0 Å². The molecule has 4 nitrogen and oxygen atoms in total. The van der Waals surface area contributed by atoms with Crippen molar-refractivity contribution < 1.29 is 23.0 Å². The number of fused-ring (bicyclic) bond motifs is 1. The molecule has 3 aromatic rings. The molecule has 1 aliphatic heterocycles. The second-order valence-electron chi connectivity index (χ2n) is 7.92. The SMILES string of the molecule is OCCNCC1CN(Cc2ccc3c(Oc4ccc(C(F)(F)F)cc4)cccc3c2)C1. The van der Waals surface area contributed by atoms with E-state index in [1.807, 2.05) is 24.3 Å². The summed E-state index contributed by atoms with van der Waals surface area (Å²) in [5, 5.41) is 14.0. The molecular weight excluding hydrogens is 405 g/mol. The molecule has 4 rings (SSSR count). The highest BCUT2D eigenvalue weighted by molar-refractivity contribution is 5.89. The molecule has 0 aromatic heterocycles. The first-order valence-corrected chi connectivity index (χ1v) is 10.3. The number of likely N-dealkylation sites (tertiary alicyclic amines) is 1. The number of benzene rings is 3. The fourth-order valence-electron chi connectivity index (χ4n) is 3.91. The molecule has 2 N–H and O–H groups in total. The molecule has 1 heterocycles. The molecule has 0 aliphatic carbocycles. The van der Waals surface area contributed by atoms with Crippen molar-refractivity contribution in [3.63, 3.8) is 0 Å². The third kappa shape index (κ3) is 5.36. The zero-order valence-corrected chi connectivity index (χ0v) is 17.0. The van der Waals surface area contributed by atoms with E-state index in [9.17, 15) is 13.2 Å². The van der Waals surface area contributed by atoms with Crippen LogP contribution in [0, 0.1) is 5.92 Å². The van der Waals surface area contributed by atoms with E-state index < -0.39 is 11.7 Å². The van der Waals surface area contributed by atoms with Crippen molar-refractivity contribution in [2.45, 2.75) is 12.7 Å². The lowest BCUT2D eigenvalue weighted by Crippen LogP contribution is -2.50. The minimum atomic E-state index is -4.36. The molecule has 7 heteroatoms. The first-order valence-electron chi connectivity index (χ1n) is 10.3. The number of ether oxygens (including phenoxy) is 1. The minimum Gasteiger partial charge on any atom is -0.457 e. The van der Waals surface area contributed by atoms with E-state index in [2.05, 4.69) is 22.3 Å². The van der Waals surface area contributed by atoms with Gasteiger partial charge in [0.1, 0.15) is 11.5 Å². The highest BCUT2D eigenvalue weighted by Crippen LogP contribution is 2.34. The Balaban J connectivity index is 1.40. The number of hydrogen-bond donors (Lipinski definition) is 2. The number of halogens is 3. The van der Waals surface area contributed by atoms with Gasteiger partial charge < -0.3 is 15.2 Å². The van der Waals surface area contributed by atoms with Crippen LogP contribution in [0.4, 0.5) is 13.2 Å². The fourth-order valence-corrected chi connectivity index (χ4v) is 3.91. The van der Waals surface area contributed by atoms with Gasteiger partial charge in [0, 0.05) is 38.1 Å². The summed E-state index contributed by atoms with van der Waals surface area (Å²) >= 11 is 0. The molecule has 0 bridgehead atoms. The first kappa shape index (κ1) is 21.6. The summed E-state index contributed by atoms with van der Waals surface area (Å²) in [6, 6.07) is 16.6. The highest BCUT2D eigenvalue weighted by Gasteiger charge is 2.30. The Morgan fingerprint density at radius 1 is 1.03 bits per heavy atom. The molecule has 164 valence electrons. The molecule has 0 amide bonds.